The minimum Gasteiger partial charge on any atom is -0.476 e. The van der Waals surface area contributed by atoms with Crippen molar-refractivity contribution in [3.8, 4) is 0 Å². The molecule has 1 N–H and O–H groups in total. The average molecular weight is 298 g/mol. The largest absolute Gasteiger partial charge is 0.476 e. The Morgan fingerprint density at radius 3 is 2.20 bits per heavy atom. The summed E-state index contributed by atoms with van der Waals surface area (Å²) in [5, 5.41) is 8.77. The van der Waals surface area contributed by atoms with E-state index in [1.165, 1.54) is 0 Å². The molecule has 0 unspecified atom stereocenters. The number of imidazole rings is 1. The fourth-order valence-electron chi connectivity index (χ4n) is 1.69. The molecular formula is C10H4F6N2O2. The number of hydrogen-bond donors (Lipinski definition) is 1. The zero-order valence-electron chi connectivity index (χ0n) is 9.25. The number of alkyl halides is 6. The molecule has 0 saturated heterocycles. The SMILES string of the molecule is O=C(O)c1c(C(F)(F)F)nc2c(C(F)(F)F)cccn12. The second-order valence-corrected chi connectivity index (χ2v) is 3.73. The van der Waals surface area contributed by atoms with Crippen LogP contribution in [0.4, 0.5) is 26.3 Å². The average Bonchev–Trinajstić information content (AvgIpc) is 2.65. The van der Waals surface area contributed by atoms with Gasteiger partial charge in [0.2, 0.25) is 0 Å². The lowest BCUT2D eigenvalue weighted by Gasteiger charge is -2.07. The zero-order valence-corrected chi connectivity index (χ0v) is 9.25. The van der Waals surface area contributed by atoms with Crippen molar-refractivity contribution in [3.05, 3.63) is 35.3 Å². The first-order chi connectivity index (χ1) is 9.03. The quantitative estimate of drug-likeness (QED) is 0.823. The van der Waals surface area contributed by atoms with Crippen molar-refractivity contribution in [1.29, 1.82) is 0 Å². The number of nitrogens with zero attached hydrogens (tertiary/aromatic N) is 2. The Balaban J connectivity index is 2.91. The zero-order chi connectivity index (χ0) is 15.3. The van der Waals surface area contributed by atoms with Crippen molar-refractivity contribution in [2.45, 2.75) is 12.4 Å². The van der Waals surface area contributed by atoms with Crippen LogP contribution < -0.4 is 0 Å². The number of aromatic carboxylic acids is 1. The highest BCUT2D eigenvalue weighted by Crippen LogP contribution is 2.36. The van der Waals surface area contributed by atoms with Crippen LogP contribution in [0.15, 0.2) is 18.3 Å². The van der Waals surface area contributed by atoms with Gasteiger partial charge in [0.05, 0.1) is 5.56 Å². The molecule has 0 spiro atoms. The number of rotatable bonds is 1. The van der Waals surface area contributed by atoms with Gasteiger partial charge in [-0.05, 0) is 12.1 Å². The van der Waals surface area contributed by atoms with Crippen LogP contribution in [0.5, 0.6) is 0 Å². The van der Waals surface area contributed by atoms with Crippen molar-refractivity contribution < 1.29 is 36.2 Å². The van der Waals surface area contributed by atoms with E-state index < -0.39 is 40.9 Å². The van der Waals surface area contributed by atoms with Crippen LogP contribution in [0.25, 0.3) is 5.65 Å². The molecule has 20 heavy (non-hydrogen) atoms. The van der Waals surface area contributed by atoms with E-state index in [4.69, 9.17) is 5.11 Å². The van der Waals surface area contributed by atoms with Gasteiger partial charge in [-0.15, -0.1) is 0 Å². The molecule has 2 aromatic heterocycles. The highest BCUT2D eigenvalue weighted by molar-refractivity contribution is 5.89. The molecule has 4 nitrogen and oxygen atoms in total. The van der Waals surface area contributed by atoms with Crippen molar-refractivity contribution in [2.24, 2.45) is 0 Å². The van der Waals surface area contributed by atoms with Crippen LogP contribution in [-0.4, -0.2) is 20.5 Å². The van der Waals surface area contributed by atoms with Gasteiger partial charge in [0, 0.05) is 6.20 Å². The Morgan fingerprint density at radius 1 is 1.15 bits per heavy atom. The number of aromatic nitrogens is 2. The van der Waals surface area contributed by atoms with Crippen LogP contribution in [-0.2, 0) is 12.4 Å². The molecule has 0 fully saturated rings. The number of hydrogen-bond acceptors (Lipinski definition) is 2. The van der Waals surface area contributed by atoms with E-state index in [9.17, 15) is 31.1 Å². The molecule has 0 amide bonds. The fraction of sp³-hybridized carbons (Fsp3) is 0.200. The van der Waals surface area contributed by atoms with Gasteiger partial charge in [-0.25, -0.2) is 9.78 Å². The van der Waals surface area contributed by atoms with Gasteiger partial charge in [-0.3, -0.25) is 4.40 Å². The van der Waals surface area contributed by atoms with E-state index in [-0.39, 0.29) is 4.40 Å². The van der Waals surface area contributed by atoms with E-state index in [1.807, 2.05) is 0 Å². The van der Waals surface area contributed by atoms with Gasteiger partial charge < -0.3 is 5.11 Å². The lowest BCUT2D eigenvalue weighted by molar-refractivity contribution is -0.142. The number of carbonyl (C=O) groups is 1. The molecule has 0 aliphatic carbocycles. The van der Waals surface area contributed by atoms with Gasteiger partial charge >= 0.3 is 18.3 Å². The third kappa shape index (κ3) is 2.17. The Kier molecular flexibility index (Phi) is 2.91. The molecule has 2 heterocycles. The van der Waals surface area contributed by atoms with Gasteiger partial charge in [0.1, 0.15) is 5.65 Å². The minimum atomic E-state index is -5.18. The summed E-state index contributed by atoms with van der Waals surface area (Å²) in [6.45, 7) is 0. The summed E-state index contributed by atoms with van der Waals surface area (Å²) < 4.78 is 76.2. The molecule has 0 aromatic carbocycles. The first-order valence-corrected chi connectivity index (χ1v) is 4.92. The van der Waals surface area contributed by atoms with Crippen LogP contribution in [0.2, 0.25) is 0 Å². The number of fused-ring (bicyclic) bond motifs is 1. The monoisotopic (exact) mass is 298 g/mol. The first kappa shape index (κ1) is 14.2. The van der Waals surface area contributed by atoms with Crippen molar-refractivity contribution in [2.75, 3.05) is 0 Å². The minimum absolute atomic E-state index is 0.258. The summed E-state index contributed by atoms with van der Waals surface area (Å²) in [4.78, 5) is 13.7. The molecule has 0 atom stereocenters. The normalized spacial score (nSPS) is 12.9. The maximum absolute atomic E-state index is 12.7. The first-order valence-electron chi connectivity index (χ1n) is 4.92. The Hall–Kier alpha value is -2.26. The molecule has 0 radical (unpaired) electrons. The maximum Gasteiger partial charge on any atom is 0.435 e. The smallest absolute Gasteiger partial charge is 0.435 e. The Morgan fingerprint density at radius 2 is 1.75 bits per heavy atom. The van der Waals surface area contributed by atoms with Gasteiger partial charge in [0.15, 0.2) is 11.4 Å². The van der Waals surface area contributed by atoms with Crippen LogP contribution in [0, 0.1) is 0 Å². The number of carboxylic acid groups (broad SMARTS) is 1. The molecule has 108 valence electrons. The van der Waals surface area contributed by atoms with E-state index in [0.29, 0.717) is 6.07 Å². The second kappa shape index (κ2) is 4.12. The molecule has 0 bridgehead atoms. The maximum atomic E-state index is 12.7. The molecule has 10 heteroatoms. The molecule has 2 aromatic rings. The molecule has 0 aliphatic rings. The number of pyridine rings is 1. The number of carboxylic acids is 1. The molecule has 0 saturated carbocycles. The van der Waals surface area contributed by atoms with Gasteiger partial charge in [-0.1, -0.05) is 0 Å². The summed E-state index contributed by atoms with van der Waals surface area (Å²) in [6, 6.07) is 1.32. The fourth-order valence-corrected chi connectivity index (χ4v) is 1.69. The summed E-state index contributed by atoms with van der Waals surface area (Å²) in [7, 11) is 0. The standard InChI is InChI=1S/C10H4F6N2O2/c11-9(12,13)4-2-1-3-18-5(8(19)20)6(10(14,15)16)17-7(4)18/h1-3H,(H,19,20). The van der Waals surface area contributed by atoms with E-state index >= 15 is 0 Å². The summed E-state index contributed by atoms with van der Waals surface area (Å²) in [6.07, 6.45) is -9.36. The summed E-state index contributed by atoms with van der Waals surface area (Å²) in [5.74, 6) is -2.02. The van der Waals surface area contributed by atoms with Crippen molar-refractivity contribution in [1.82, 2.24) is 9.38 Å². The predicted octanol–water partition coefficient (Wildman–Crippen LogP) is 3.07. The van der Waals surface area contributed by atoms with Crippen LogP contribution in [0.3, 0.4) is 0 Å². The lowest BCUT2D eigenvalue weighted by atomic mass is 10.2. The summed E-state index contributed by atoms with van der Waals surface area (Å²) in [5.41, 5.74) is -5.79. The van der Waals surface area contributed by atoms with Crippen LogP contribution in [0.1, 0.15) is 21.7 Å². The van der Waals surface area contributed by atoms with Crippen molar-refractivity contribution >= 4 is 11.6 Å². The third-order valence-corrected chi connectivity index (χ3v) is 2.43. The molecule has 2 rings (SSSR count). The number of halogens is 6. The second-order valence-electron chi connectivity index (χ2n) is 3.73. The van der Waals surface area contributed by atoms with Gasteiger partial charge in [0.25, 0.3) is 0 Å². The highest BCUT2D eigenvalue weighted by atomic mass is 19.4. The van der Waals surface area contributed by atoms with Gasteiger partial charge in [-0.2, -0.15) is 26.3 Å². The molecular weight excluding hydrogens is 294 g/mol. The Bertz CT molecular complexity index is 685. The lowest BCUT2D eigenvalue weighted by Crippen LogP contribution is -2.13. The highest BCUT2D eigenvalue weighted by Gasteiger charge is 2.42. The molecule has 0 aliphatic heterocycles. The van der Waals surface area contributed by atoms with E-state index in [2.05, 4.69) is 4.98 Å². The summed E-state index contributed by atoms with van der Waals surface area (Å²) >= 11 is 0. The van der Waals surface area contributed by atoms with Crippen molar-refractivity contribution in [3.63, 3.8) is 0 Å². The Labute approximate surface area is 106 Å². The van der Waals surface area contributed by atoms with E-state index in [1.54, 1.807) is 0 Å². The van der Waals surface area contributed by atoms with Crippen LogP contribution >= 0.6 is 0 Å². The third-order valence-electron chi connectivity index (χ3n) is 2.43. The topological polar surface area (TPSA) is 54.6 Å². The predicted molar refractivity (Wildman–Crippen MR) is 52.2 cm³/mol. The van der Waals surface area contributed by atoms with E-state index in [0.717, 1.165) is 12.3 Å².